The highest BCUT2D eigenvalue weighted by atomic mass is 32.1. The van der Waals surface area contributed by atoms with Gasteiger partial charge >= 0.3 is 0 Å². The molecule has 2 saturated heterocycles. The van der Waals surface area contributed by atoms with Gasteiger partial charge in [-0.25, -0.2) is 29.0 Å². The van der Waals surface area contributed by atoms with Crippen LogP contribution in [0.4, 0.5) is 0 Å². The lowest BCUT2D eigenvalue weighted by Crippen LogP contribution is -2.42. The van der Waals surface area contributed by atoms with Gasteiger partial charge in [-0.2, -0.15) is 10.2 Å². The summed E-state index contributed by atoms with van der Waals surface area (Å²) in [4.78, 5) is 21.6. The zero-order chi connectivity index (χ0) is 51.8. The van der Waals surface area contributed by atoms with Crippen LogP contribution >= 0.6 is 45.3 Å². The number of hydrogen-bond donors (Lipinski definition) is 1. The van der Waals surface area contributed by atoms with Crippen LogP contribution in [0.25, 0.3) is 60.3 Å². The average Bonchev–Trinajstić information content (AvgIpc) is 4.28. The molecule has 2 aromatic carbocycles. The number of aromatic nitrogens is 8. The van der Waals surface area contributed by atoms with E-state index >= 15 is 0 Å². The van der Waals surface area contributed by atoms with Crippen molar-refractivity contribution in [2.45, 2.75) is 96.1 Å². The number of rotatable bonds is 12. The molecule has 3 fully saturated rings. The highest BCUT2D eigenvalue weighted by Crippen LogP contribution is 2.47. The Morgan fingerprint density at radius 2 is 1.21 bits per heavy atom. The van der Waals surface area contributed by atoms with Crippen LogP contribution in [0.2, 0.25) is 0 Å². The summed E-state index contributed by atoms with van der Waals surface area (Å²) < 4.78 is 62.7. The van der Waals surface area contributed by atoms with E-state index in [-0.39, 0.29) is 6.61 Å². The van der Waals surface area contributed by atoms with Gasteiger partial charge in [0.2, 0.25) is 9.92 Å². The van der Waals surface area contributed by atoms with E-state index in [0.29, 0.717) is 110 Å². The smallest absolute Gasteiger partial charge is 0.212 e. The first-order valence-corrected chi connectivity index (χ1v) is 28.3. The number of aryl methyl sites for hydroxylation is 3. The van der Waals surface area contributed by atoms with Crippen LogP contribution in [-0.4, -0.2) is 96.5 Å². The first-order valence-electron chi connectivity index (χ1n) is 24.9. The van der Waals surface area contributed by atoms with Gasteiger partial charge in [0.15, 0.2) is 23.1 Å². The molecule has 10 aromatic rings. The number of aliphatic hydroxyl groups is 1. The Labute approximate surface area is 450 Å². The summed E-state index contributed by atoms with van der Waals surface area (Å²) in [5, 5.41) is 27.7. The summed E-state index contributed by atoms with van der Waals surface area (Å²) >= 11 is 6.22. The van der Waals surface area contributed by atoms with Crippen molar-refractivity contribution >= 4 is 82.8 Å². The van der Waals surface area contributed by atoms with E-state index < -0.39 is 17.2 Å². The van der Waals surface area contributed by atoms with Crippen LogP contribution in [0.3, 0.4) is 0 Å². The molecular weight excluding hydrogens is 1050 g/mol. The second kappa shape index (κ2) is 19.6. The number of ether oxygens (including phenoxy) is 8. The second-order valence-electron chi connectivity index (χ2n) is 19.2. The molecule has 2 aliphatic heterocycles. The second-order valence-corrected chi connectivity index (χ2v) is 23.5. The van der Waals surface area contributed by atoms with Crippen molar-refractivity contribution in [1.29, 1.82) is 0 Å². The molecular formula is C53H52N8O11S4. The molecule has 76 heavy (non-hydrogen) atoms. The minimum atomic E-state index is -0.983. The number of benzene rings is 2. The van der Waals surface area contributed by atoms with Gasteiger partial charge in [0.1, 0.15) is 84.4 Å². The number of allylic oxidation sites excluding steroid dienone is 1. The third kappa shape index (κ3) is 9.44. The van der Waals surface area contributed by atoms with Gasteiger partial charge in [0.05, 0.1) is 75.2 Å². The first-order chi connectivity index (χ1) is 36.9. The summed E-state index contributed by atoms with van der Waals surface area (Å²) in [5.41, 5.74) is 4.67. The molecule has 23 heteroatoms. The summed E-state index contributed by atoms with van der Waals surface area (Å²) in [5.74, 6) is 2.89. The molecule has 8 aromatic heterocycles. The Hall–Kier alpha value is -6.28. The lowest BCUT2D eigenvalue weighted by Gasteiger charge is -2.39. The molecule has 14 rings (SSSR count). The van der Waals surface area contributed by atoms with E-state index in [0.717, 1.165) is 81.9 Å². The minimum Gasteiger partial charge on any atom is -0.496 e. The third-order valence-electron chi connectivity index (χ3n) is 14.2. The number of furan rings is 2. The lowest BCUT2D eigenvalue weighted by atomic mass is 9.81. The maximum absolute atomic E-state index is 11.4. The monoisotopic (exact) mass is 1100 g/mol. The predicted molar refractivity (Wildman–Crippen MR) is 286 cm³/mol. The fourth-order valence-electron chi connectivity index (χ4n) is 10.1. The molecule has 0 unspecified atom stereocenters. The van der Waals surface area contributed by atoms with E-state index in [4.69, 9.17) is 56.7 Å². The summed E-state index contributed by atoms with van der Waals surface area (Å²) in [6.45, 7) is 9.09. The predicted octanol–water partition coefficient (Wildman–Crippen LogP) is 11.2. The van der Waals surface area contributed by atoms with Gasteiger partial charge in [-0.3, -0.25) is 0 Å². The van der Waals surface area contributed by atoms with Gasteiger partial charge < -0.3 is 51.8 Å². The fraction of sp³-hybridized carbons (Fsp3) is 0.396. The van der Waals surface area contributed by atoms with Crippen molar-refractivity contribution in [3.05, 3.63) is 96.5 Å². The lowest BCUT2D eigenvalue weighted by molar-refractivity contribution is -0.204. The molecule has 1 saturated carbocycles. The molecule has 19 nitrogen and oxygen atoms in total. The van der Waals surface area contributed by atoms with E-state index in [1.54, 1.807) is 34.6 Å². The largest absolute Gasteiger partial charge is 0.496 e. The molecule has 1 N–H and O–H groups in total. The van der Waals surface area contributed by atoms with Crippen molar-refractivity contribution < 1.29 is 51.8 Å². The molecule has 394 valence electrons. The Kier molecular flexibility index (Phi) is 12.7. The minimum absolute atomic E-state index is 0.251. The standard InChI is InChI=1S/C27H28N4O6S2.C26H24N4O5S2/c1-15-20(28-24(38-15)26(32)4-6-27(7-5-26)35-8-9-36-27)14-34-21-10-17(33-3)11-22-18(21)12-23(37-22)19-13-31-25(29-19)39-16(2)30-31;1-15-29-30-12-20(28-25(30)37-15)23-11-19-21(9-18(31-2)10-22(19)35-23)32-13-17-14-36-24(27-17)16-3-5-26(6-4-16)33-7-8-34-26/h10-13,32H,4-9,14H2,1-3H3;3,9-12,14H,4-8,13H2,1-2H3. The van der Waals surface area contributed by atoms with Crippen molar-refractivity contribution in [3.63, 3.8) is 0 Å². The number of thiazole rings is 2. The highest BCUT2D eigenvalue weighted by Gasteiger charge is 2.48. The van der Waals surface area contributed by atoms with Gasteiger partial charge in [0, 0.05) is 60.2 Å². The van der Waals surface area contributed by atoms with Crippen LogP contribution in [0.5, 0.6) is 23.0 Å². The van der Waals surface area contributed by atoms with Gasteiger partial charge in [-0.1, -0.05) is 28.7 Å². The topological polar surface area (TPSA) is 207 Å². The van der Waals surface area contributed by atoms with E-state index in [1.165, 1.54) is 39.6 Å². The molecule has 4 aliphatic rings. The van der Waals surface area contributed by atoms with Gasteiger partial charge in [-0.05, 0) is 57.7 Å². The molecule has 0 atom stereocenters. The zero-order valence-electron chi connectivity index (χ0n) is 42.2. The average molecular weight is 1110 g/mol. The summed E-state index contributed by atoms with van der Waals surface area (Å²) in [6, 6.07) is 11.3. The van der Waals surface area contributed by atoms with Crippen molar-refractivity contribution in [3.8, 4) is 45.9 Å². The molecule has 0 bridgehead atoms. The highest BCUT2D eigenvalue weighted by molar-refractivity contribution is 7.17. The number of hydrogen-bond acceptors (Lipinski definition) is 21. The fourth-order valence-corrected chi connectivity index (χ4v) is 13.5. The Morgan fingerprint density at radius 3 is 1.75 bits per heavy atom. The van der Waals surface area contributed by atoms with Crippen LogP contribution in [-0.2, 0) is 37.8 Å². The van der Waals surface area contributed by atoms with Crippen molar-refractivity contribution in [2.75, 3.05) is 40.6 Å². The summed E-state index contributed by atoms with van der Waals surface area (Å²) in [7, 11) is 3.24. The molecule has 2 aliphatic carbocycles. The number of fused-ring (bicyclic) bond motifs is 4. The molecule has 2 spiro atoms. The molecule has 0 radical (unpaired) electrons. The Balaban J connectivity index is 0.000000146. The number of methoxy groups -OCH3 is 2. The maximum Gasteiger partial charge on any atom is 0.212 e. The normalized spacial score (nSPS) is 17.8. The van der Waals surface area contributed by atoms with Crippen LogP contribution < -0.4 is 18.9 Å². The Bertz CT molecular complexity index is 3730. The molecule has 10 heterocycles. The van der Waals surface area contributed by atoms with Gasteiger partial charge in [-0.15, -0.1) is 22.7 Å². The number of nitrogens with zero attached hydrogens (tertiary/aromatic N) is 8. The molecule has 0 amide bonds. The van der Waals surface area contributed by atoms with E-state index in [9.17, 15) is 5.11 Å². The van der Waals surface area contributed by atoms with Crippen LogP contribution in [0, 0.1) is 20.8 Å². The SMILES string of the molecule is COc1cc(OCc2csc(C3=CCC4(CC3)OCCO4)n2)c2cc(-c3cn4nc(C)sc4n3)oc2c1.COc1cc(OCc2nc(C3(O)CCC4(CC3)OCCO4)sc2C)c2cc(-c3cn4nc(C)sc4n3)oc2c1. The quantitative estimate of drug-likeness (QED) is 0.121. The van der Waals surface area contributed by atoms with E-state index in [1.807, 2.05) is 74.9 Å². The van der Waals surface area contributed by atoms with E-state index in [2.05, 4.69) is 26.2 Å². The number of imidazole rings is 2. The Morgan fingerprint density at radius 1 is 0.645 bits per heavy atom. The van der Waals surface area contributed by atoms with Crippen molar-refractivity contribution in [1.82, 2.24) is 39.2 Å². The summed E-state index contributed by atoms with van der Waals surface area (Å²) in [6.07, 6.45) is 10.9. The maximum atomic E-state index is 11.4. The van der Waals surface area contributed by atoms with Crippen LogP contribution in [0.15, 0.2) is 69.1 Å². The van der Waals surface area contributed by atoms with Gasteiger partial charge in [0.25, 0.3) is 0 Å². The third-order valence-corrected chi connectivity index (χ3v) is 18.0. The first kappa shape index (κ1) is 49.3. The van der Waals surface area contributed by atoms with Crippen LogP contribution in [0.1, 0.15) is 81.2 Å². The van der Waals surface area contributed by atoms with Crippen molar-refractivity contribution in [2.24, 2.45) is 0 Å². The zero-order valence-corrected chi connectivity index (χ0v) is 45.5.